The quantitative estimate of drug-likeness (QED) is 0.757. The number of hydrogen-bond donors (Lipinski definition) is 2. The Bertz CT molecular complexity index is 197. The molecule has 1 saturated carbocycles. The fraction of sp³-hybridized carbons (Fsp3) is 1.00. The third-order valence-electron chi connectivity index (χ3n) is 4.20. The van der Waals surface area contributed by atoms with Gasteiger partial charge in [-0.2, -0.15) is 0 Å². The van der Waals surface area contributed by atoms with E-state index in [1.54, 1.807) is 0 Å². The SMILES string of the molecule is CC(NC(C)(C)CO)C(C)C1CCCCC1. The fourth-order valence-electron chi connectivity index (χ4n) is 2.86. The monoisotopic (exact) mass is 227 g/mol. The van der Waals surface area contributed by atoms with E-state index in [0.717, 1.165) is 5.92 Å². The lowest BCUT2D eigenvalue weighted by atomic mass is 9.77. The molecule has 16 heavy (non-hydrogen) atoms. The average molecular weight is 227 g/mol. The van der Waals surface area contributed by atoms with Crippen molar-refractivity contribution in [2.45, 2.75) is 71.4 Å². The minimum absolute atomic E-state index is 0.150. The van der Waals surface area contributed by atoms with Crippen molar-refractivity contribution in [3.63, 3.8) is 0 Å². The molecule has 1 rings (SSSR count). The van der Waals surface area contributed by atoms with Crippen molar-refractivity contribution in [1.29, 1.82) is 0 Å². The molecule has 2 atom stereocenters. The second-order valence-corrected chi connectivity index (χ2v) is 6.23. The van der Waals surface area contributed by atoms with Gasteiger partial charge in [0.1, 0.15) is 0 Å². The summed E-state index contributed by atoms with van der Waals surface area (Å²) in [6.45, 7) is 8.96. The van der Waals surface area contributed by atoms with E-state index in [1.165, 1.54) is 32.1 Å². The Hall–Kier alpha value is -0.0800. The van der Waals surface area contributed by atoms with Crippen molar-refractivity contribution in [2.75, 3.05) is 6.61 Å². The molecule has 0 heterocycles. The van der Waals surface area contributed by atoms with Gasteiger partial charge >= 0.3 is 0 Å². The molecule has 2 nitrogen and oxygen atoms in total. The van der Waals surface area contributed by atoms with Crippen LogP contribution in [0.15, 0.2) is 0 Å². The van der Waals surface area contributed by atoms with Gasteiger partial charge in [-0.1, -0.05) is 39.0 Å². The molecule has 1 fully saturated rings. The predicted molar refractivity (Wildman–Crippen MR) is 69.5 cm³/mol. The van der Waals surface area contributed by atoms with Crippen LogP contribution in [0.3, 0.4) is 0 Å². The Labute approximate surface area is 101 Å². The van der Waals surface area contributed by atoms with Crippen LogP contribution in [0.4, 0.5) is 0 Å². The van der Waals surface area contributed by atoms with Crippen LogP contribution >= 0.6 is 0 Å². The van der Waals surface area contributed by atoms with Crippen LogP contribution in [0.25, 0.3) is 0 Å². The van der Waals surface area contributed by atoms with Gasteiger partial charge in [-0.15, -0.1) is 0 Å². The molecular weight excluding hydrogens is 198 g/mol. The van der Waals surface area contributed by atoms with Gasteiger partial charge in [-0.3, -0.25) is 0 Å². The van der Waals surface area contributed by atoms with Crippen molar-refractivity contribution < 1.29 is 5.11 Å². The minimum Gasteiger partial charge on any atom is -0.394 e. The predicted octanol–water partition coefficient (Wildman–Crippen LogP) is 2.95. The molecule has 1 aliphatic rings. The maximum absolute atomic E-state index is 9.27. The normalized spacial score (nSPS) is 23.1. The van der Waals surface area contributed by atoms with Crippen LogP contribution in [-0.2, 0) is 0 Å². The van der Waals surface area contributed by atoms with Gasteiger partial charge < -0.3 is 10.4 Å². The lowest BCUT2D eigenvalue weighted by molar-refractivity contribution is 0.143. The standard InChI is InChI=1S/C14H29NO/c1-11(13-8-6-5-7-9-13)12(2)15-14(3,4)10-16/h11-13,15-16H,5-10H2,1-4H3. The van der Waals surface area contributed by atoms with E-state index in [2.05, 4.69) is 33.0 Å². The third-order valence-corrected chi connectivity index (χ3v) is 4.20. The van der Waals surface area contributed by atoms with E-state index < -0.39 is 0 Å². The smallest absolute Gasteiger partial charge is 0.0607 e. The van der Waals surface area contributed by atoms with E-state index in [0.29, 0.717) is 12.0 Å². The Morgan fingerprint density at radius 3 is 2.25 bits per heavy atom. The Morgan fingerprint density at radius 1 is 1.19 bits per heavy atom. The number of hydrogen-bond acceptors (Lipinski definition) is 2. The van der Waals surface area contributed by atoms with Crippen LogP contribution < -0.4 is 5.32 Å². The molecule has 2 unspecified atom stereocenters. The van der Waals surface area contributed by atoms with Gasteiger partial charge in [0.15, 0.2) is 0 Å². The molecule has 0 aromatic heterocycles. The van der Waals surface area contributed by atoms with E-state index in [1.807, 2.05) is 0 Å². The molecule has 0 aromatic rings. The maximum atomic E-state index is 9.27. The zero-order valence-corrected chi connectivity index (χ0v) is 11.4. The Morgan fingerprint density at radius 2 is 1.75 bits per heavy atom. The van der Waals surface area contributed by atoms with Crippen LogP contribution in [0.2, 0.25) is 0 Å². The molecule has 2 heteroatoms. The molecule has 96 valence electrons. The lowest BCUT2D eigenvalue weighted by Gasteiger charge is -2.36. The third kappa shape index (κ3) is 4.06. The fourth-order valence-corrected chi connectivity index (χ4v) is 2.86. The lowest BCUT2D eigenvalue weighted by Crippen LogP contribution is -2.50. The first kappa shape index (κ1) is 14.0. The van der Waals surface area contributed by atoms with Gasteiger partial charge in [0, 0.05) is 11.6 Å². The van der Waals surface area contributed by atoms with Crippen LogP contribution in [0.5, 0.6) is 0 Å². The molecule has 0 radical (unpaired) electrons. The highest BCUT2D eigenvalue weighted by molar-refractivity contribution is 4.85. The summed E-state index contributed by atoms with van der Waals surface area (Å²) in [6, 6.07) is 0.491. The zero-order chi connectivity index (χ0) is 12.2. The summed E-state index contributed by atoms with van der Waals surface area (Å²) in [5.74, 6) is 1.59. The molecule has 2 N–H and O–H groups in total. The average Bonchev–Trinajstić information content (AvgIpc) is 2.28. The van der Waals surface area contributed by atoms with Gasteiger partial charge in [0.25, 0.3) is 0 Å². The maximum Gasteiger partial charge on any atom is 0.0607 e. The summed E-state index contributed by atoms with van der Waals surface area (Å²) in [7, 11) is 0. The first-order valence-corrected chi connectivity index (χ1v) is 6.85. The second-order valence-electron chi connectivity index (χ2n) is 6.23. The van der Waals surface area contributed by atoms with Gasteiger partial charge in [0.05, 0.1) is 6.61 Å². The van der Waals surface area contributed by atoms with E-state index in [4.69, 9.17) is 0 Å². The molecule has 0 amide bonds. The zero-order valence-electron chi connectivity index (χ0n) is 11.4. The largest absolute Gasteiger partial charge is 0.394 e. The summed E-state index contributed by atoms with van der Waals surface area (Å²) < 4.78 is 0. The first-order valence-electron chi connectivity index (χ1n) is 6.85. The van der Waals surface area contributed by atoms with Crippen molar-refractivity contribution in [2.24, 2.45) is 11.8 Å². The van der Waals surface area contributed by atoms with Gasteiger partial charge in [-0.05, 0) is 32.6 Å². The molecule has 0 bridgehead atoms. The summed E-state index contributed by atoms with van der Waals surface area (Å²) in [5, 5.41) is 12.8. The van der Waals surface area contributed by atoms with E-state index in [9.17, 15) is 5.11 Å². The van der Waals surface area contributed by atoms with Crippen molar-refractivity contribution in [1.82, 2.24) is 5.32 Å². The summed E-state index contributed by atoms with van der Waals surface area (Å²) >= 11 is 0. The van der Waals surface area contributed by atoms with Crippen molar-refractivity contribution >= 4 is 0 Å². The van der Waals surface area contributed by atoms with Crippen molar-refractivity contribution in [3.05, 3.63) is 0 Å². The number of nitrogens with one attached hydrogen (secondary N) is 1. The van der Waals surface area contributed by atoms with Crippen LogP contribution in [0.1, 0.15) is 59.8 Å². The summed E-state index contributed by atoms with van der Waals surface area (Å²) in [5.41, 5.74) is -0.150. The summed E-state index contributed by atoms with van der Waals surface area (Å²) in [4.78, 5) is 0. The van der Waals surface area contributed by atoms with Crippen LogP contribution in [0, 0.1) is 11.8 Å². The highest BCUT2D eigenvalue weighted by Gasteiger charge is 2.27. The molecule has 0 saturated heterocycles. The van der Waals surface area contributed by atoms with E-state index in [-0.39, 0.29) is 12.1 Å². The topological polar surface area (TPSA) is 32.3 Å². The molecule has 1 aliphatic carbocycles. The van der Waals surface area contributed by atoms with Gasteiger partial charge in [-0.25, -0.2) is 0 Å². The Kier molecular flexibility index (Phi) is 5.26. The number of aliphatic hydroxyl groups is 1. The van der Waals surface area contributed by atoms with E-state index >= 15 is 0 Å². The molecule has 0 spiro atoms. The second kappa shape index (κ2) is 6.02. The number of aliphatic hydroxyl groups excluding tert-OH is 1. The Balaban J connectivity index is 2.42. The van der Waals surface area contributed by atoms with Gasteiger partial charge in [0.2, 0.25) is 0 Å². The minimum atomic E-state index is -0.150. The highest BCUT2D eigenvalue weighted by Crippen LogP contribution is 2.31. The molecule has 0 aliphatic heterocycles. The number of rotatable bonds is 5. The highest BCUT2D eigenvalue weighted by atomic mass is 16.3. The summed E-state index contributed by atoms with van der Waals surface area (Å²) in [6.07, 6.45) is 7.03. The van der Waals surface area contributed by atoms with Crippen molar-refractivity contribution in [3.8, 4) is 0 Å². The van der Waals surface area contributed by atoms with Crippen LogP contribution in [-0.4, -0.2) is 23.3 Å². The molecule has 0 aromatic carbocycles. The first-order chi connectivity index (χ1) is 7.46. The molecular formula is C14H29NO.